The van der Waals surface area contributed by atoms with Crippen LogP contribution in [0.2, 0.25) is 0 Å². The van der Waals surface area contributed by atoms with Crippen molar-refractivity contribution >= 4 is 55.9 Å². The number of hydrogen-bond acceptors (Lipinski definition) is 8. The Bertz CT molecular complexity index is 1370. The standard InChI is InChI=1S/C26H25N3O5S2/c1-4-34-18-8-11-20-23(14-18)36-26(28-20)29-24(30)15-35-19-9-6-17(7-10-19)27-25(31)16-5-12-21(32-2)22(13-16)33-3/h5-14H,4,15H2,1-3H3,(H,27,31)(H,28,29,30). The summed E-state index contributed by atoms with van der Waals surface area (Å²) in [6.45, 7) is 2.53. The minimum atomic E-state index is -0.264. The Morgan fingerprint density at radius 3 is 2.44 bits per heavy atom. The molecule has 4 rings (SSSR count). The Kier molecular flexibility index (Phi) is 8.29. The van der Waals surface area contributed by atoms with Crippen molar-refractivity contribution in [3.05, 3.63) is 66.2 Å². The maximum absolute atomic E-state index is 12.6. The van der Waals surface area contributed by atoms with Gasteiger partial charge in [-0.25, -0.2) is 4.98 Å². The third-order valence-corrected chi connectivity index (χ3v) is 6.99. The number of benzene rings is 3. The van der Waals surface area contributed by atoms with E-state index in [9.17, 15) is 9.59 Å². The molecule has 1 aromatic heterocycles. The Morgan fingerprint density at radius 1 is 0.944 bits per heavy atom. The van der Waals surface area contributed by atoms with Crippen molar-refractivity contribution in [3.63, 3.8) is 0 Å². The van der Waals surface area contributed by atoms with Gasteiger partial charge in [-0.1, -0.05) is 11.3 Å². The van der Waals surface area contributed by atoms with Crippen molar-refractivity contribution < 1.29 is 23.8 Å². The van der Waals surface area contributed by atoms with Crippen LogP contribution in [0, 0.1) is 0 Å². The van der Waals surface area contributed by atoms with Crippen LogP contribution >= 0.6 is 23.1 Å². The lowest BCUT2D eigenvalue weighted by Crippen LogP contribution is -2.13. The summed E-state index contributed by atoms with van der Waals surface area (Å²) in [5.41, 5.74) is 1.91. The topological polar surface area (TPSA) is 98.8 Å². The zero-order valence-electron chi connectivity index (χ0n) is 20.0. The molecule has 36 heavy (non-hydrogen) atoms. The molecular formula is C26H25N3O5S2. The third-order valence-electron chi connectivity index (χ3n) is 5.05. The first-order valence-electron chi connectivity index (χ1n) is 11.1. The van der Waals surface area contributed by atoms with Gasteiger partial charge in [0.15, 0.2) is 16.6 Å². The lowest BCUT2D eigenvalue weighted by atomic mass is 10.2. The van der Waals surface area contributed by atoms with Crippen molar-refractivity contribution in [1.29, 1.82) is 0 Å². The fourth-order valence-corrected chi connectivity index (χ4v) is 4.94. The van der Waals surface area contributed by atoms with E-state index in [0.717, 1.165) is 20.9 Å². The van der Waals surface area contributed by atoms with Gasteiger partial charge >= 0.3 is 0 Å². The van der Waals surface area contributed by atoms with Crippen molar-refractivity contribution in [3.8, 4) is 17.2 Å². The lowest BCUT2D eigenvalue weighted by Gasteiger charge is -2.10. The van der Waals surface area contributed by atoms with Crippen LogP contribution in [0.5, 0.6) is 17.2 Å². The largest absolute Gasteiger partial charge is 0.494 e. The first-order chi connectivity index (χ1) is 17.5. The second-order valence-corrected chi connectivity index (χ2v) is 9.55. The predicted molar refractivity (Wildman–Crippen MR) is 144 cm³/mol. The average Bonchev–Trinajstić information content (AvgIpc) is 3.29. The molecule has 0 saturated carbocycles. The van der Waals surface area contributed by atoms with Gasteiger partial charge in [0, 0.05) is 16.1 Å². The Hall–Kier alpha value is -3.76. The first kappa shape index (κ1) is 25.3. The number of thiazole rings is 1. The van der Waals surface area contributed by atoms with E-state index in [4.69, 9.17) is 14.2 Å². The number of nitrogens with one attached hydrogen (secondary N) is 2. The van der Waals surface area contributed by atoms with E-state index >= 15 is 0 Å². The summed E-state index contributed by atoms with van der Waals surface area (Å²) < 4.78 is 16.9. The molecule has 186 valence electrons. The molecule has 0 radical (unpaired) electrons. The smallest absolute Gasteiger partial charge is 0.255 e. The number of hydrogen-bond donors (Lipinski definition) is 2. The number of rotatable bonds is 10. The summed E-state index contributed by atoms with van der Waals surface area (Å²) >= 11 is 2.81. The van der Waals surface area contributed by atoms with Crippen LogP contribution in [-0.2, 0) is 4.79 Å². The van der Waals surface area contributed by atoms with E-state index in [1.807, 2.05) is 37.3 Å². The molecule has 0 aliphatic carbocycles. The van der Waals surface area contributed by atoms with Gasteiger partial charge in [-0.05, 0) is 67.6 Å². The molecule has 8 nitrogen and oxygen atoms in total. The molecule has 0 bridgehead atoms. The van der Waals surface area contributed by atoms with Gasteiger partial charge in [-0.2, -0.15) is 0 Å². The number of ether oxygens (including phenoxy) is 3. The summed E-state index contributed by atoms with van der Waals surface area (Å²) in [7, 11) is 3.06. The summed E-state index contributed by atoms with van der Waals surface area (Å²) in [5.74, 6) is 1.65. The van der Waals surface area contributed by atoms with Crippen molar-refractivity contribution in [2.24, 2.45) is 0 Å². The monoisotopic (exact) mass is 523 g/mol. The zero-order chi connectivity index (χ0) is 25.5. The lowest BCUT2D eigenvalue weighted by molar-refractivity contribution is -0.113. The maximum Gasteiger partial charge on any atom is 0.255 e. The van der Waals surface area contributed by atoms with Gasteiger partial charge in [-0.3, -0.25) is 9.59 Å². The number of fused-ring (bicyclic) bond motifs is 1. The van der Waals surface area contributed by atoms with Gasteiger partial charge in [0.25, 0.3) is 5.91 Å². The number of carbonyl (C=O) groups excluding carboxylic acids is 2. The molecule has 0 spiro atoms. The second kappa shape index (κ2) is 11.8. The third kappa shape index (κ3) is 6.27. The molecule has 0 aliphatic heterocycles. The first-order valence-corrected chi connectivity index (χ1v) is 12.9. The number of thioether (sulfide) groups is 1. The average molecular weight is 524 g/mol. The van der Waals surface area contributed by atoms with E-state index < -0.39 is 0 Å². The SMILES string of the molecule is CCOc1ccc2nc(NC(=O)CSc3ccc(NC(=O)c4ccc(OC)c(OC)c4)cc3)sc2c1. The van der Waals surface area contributed by atoms with Crippen molar-refractivity contribution in [2.45, 2.75) is 11.8 Å². The van der Waals surface area contributed by atoms with Gasteiger partial charge < -0.3 is 24.8 Å². The Labute approximate surface area is 217 Å². The van der Waals surface area contributed by atoms with Crippen LogP contribution in [0.25, 0.3) is 10.2 Å². The number of anilines is 2. The molecule has 0 aliphatic rings. The number of amides is 2. The number of nitrogens with zero attached hydrogens (tertiary/aromatic N) is 1. The number of carbonyl (C=O) groups is 2. The van der Waals surface area contributed by atoms with E-state index in [2.05, 4.69) is 15.6 Å². The van der Waals surface area contributed by atoms with Gasteiger partial charge in [0.05, 0.1) is 36.8 Å². The minimum Gasteiger partial charge on any atom is -0.494 e. The molecule has 2 N–H and O–H groups in total. The predicted octanol–water partition coefficient (Wildman–Crippen LogP) is 5.70. The van der Waals surface area contributed by atoms with E-state index in [-0.39, 0.29) is 17.6 Å². The molecule has 0 saturated heterocycles. The number of aromatic nitrogens is 1. The van der Waals surface area contributed by atoms with Crippen LogP contribution in [0.3, 0.4) is 0 Å². The summed E-state index contributed by atoms with van der Waals surface area (Å²) in [6.07, 6.45) is 0. The van der Waals surface area contributed by atoms with Crippen molar-refractivity contribution in [1.82, 2.24) is 4.98 Å². The van der Waals surface area contributed by atoms with E-state index in [1.165, 1.54) is 30.2 Å². The van der Waals surface area contributed by atoms with Crippen LogP contribution in [0.15, 0.2) is 65.6 Å². The summed E-state index contributed by atoms with van der Waals surface area (Å²) in [5, 5.41) is 6.27. The molecular weight excluding hydrogens is 498 g/mol. The normalized spacial score (nSPS) is 10.6. The van der Waals surface area contributed by atoms with Gasteiger partial charge in [0.2, 0.25) is 5.91 Å². The highest BCUT2D eigenvalue weighted by Crippen LogP contribution is 2.30. The highest BCUT2D eigenvalue weighted by atomic mass is 32.2. The van der Waals surface area contributed by atoms with E-state index in [1.54, 1.807) is 37.4 Å². The van der Waals surface area contributed by atoms with Crippen LogP contribution in [0.4, 0.5) is 10.8 Å². The molecule has 2 amide bonds. The van der Waals surface area contributed by atoms with Crippen molar-refractivity contribution in [2.75, 3.05) is 37.2 Å². The second-order valence-electron chi connectivity index (χ2n) is 7.47. The highest BCUT2D eigenvalue weighted by Gasteiger charge is 2.12. The minimum absolute atomic E-state index is 0.144. The molecule has 1 heterocycles. The highest BCUT2D eigenvalue weighted by molar-refractivity contribution is 8.00. The Balaban J connectivity index is 1.30. The van der Waals surface area contributed by atoms with E-state index in [0.29, 0.717) is 34.5 Å². The molecule has 3 aromatic carbocycles. The van der Waals surface area contributed by atoms with Gasteiger partial charge in [-0.15, -0.1) is 11.8 Å². The zero-order valence-corrected chi connectivity index (χ0v) is 21.6. The van der Waals surface area contributed by atoms with Crippen LogP contribution in [0.1, 0.15) is 17.3 Å². The maximum atomic E-state index is 12.6. The summed E-state index contributed by atoms with van der Waals surface area (Å²) in [6, 6.07) is 18.0. The molecule has 4 aromatic rings. The quantitative estimate of drug-likeness (QED) is 0.258. The number of methoxy groups -OCH3 is 2. The molecule has 0 unspecified atom stereocenters. The molecule has 0 fully saturated rings. The fourth-order valence-electron chi connectivity index (χ4n) is 3.33. The van der Waals surface area contributed by atoms with Crippen LogP contribution < -0.4 is 24.8 Å². The van der Waals surface area contributed by atoms with Crippen LogP contribution in [-0.4, -0.2) is 43.4 Å². The fraction of sp³-hybridized carbons (Fsp3) is 0.192. The van der Waals surface area contributed by atoms with Gasteiger partial charge in [0.1, 0.15) is 5.75 Å². The Morgan fingerprint density at radius 2 is 1.72 bits per heavy atom. The molecule has 10 heteroatoms. The molecule has 0 atom stereocenters. The summed E-state index contributed by atoms with van der Waals surface area (Å²) in [4.78, 5) is 30.4.